The molecule has 0 spiro atoms. The molecule has 1 heterocycles. The minimum atomic E-state index is -4.26. The van der Waals surface area contributed by atoms with Crippen LogP contribution in [0.2, 0.25) is 0 Å². The fraction of sp³-hybridized carbons (Fsp3) is 0.615. The lowest BCUT2D eigenvalue weighted by molar-refractivity contribution is -0.190. The molecule has 0 aromatic carbocycles. The molecule has 1 fully saturated rings. The van der Waals surface area contributed by atoms with Gasteiger partial charge in [0.05, 0.1) is 5.92 Å². The third kappa shape index (κ3) is 2.60. The average molecular weight is 276 g/mol. The van der Waals surface area contributed by atoms with Gasteiger partial charge in [-0.1, -0.05) is 12.8 Å². The first kappa shape index (κ1) is 13.6. The van der Waals surface area contributed by atoms with Crippen molar-refractivity contribution >= 4 is 17.1 Å². The lowest BCUT2D eigenvalue weighted by atomic mass is 9.75. The van der Waals surface area contributed by atoms with Crippen molar-refractivity contribution in [3.8, 4) is 0 Å². The van der Waals surface area contributed by atoms with Gasteiger partial charge in [-0.25, -0.2) is 0 Å². The zero-order chi connectivity index (χ0) is 13.3. The third-order valence-electron chi connectivity index (χ3n) is 3.65. The molecule has 1 aliphatic rings. The molecule has 0 radical (unpaired) electrons. The SMILES string of the molecule is Cc1sccc1C(=O)C1CCCCC1C(F)(F)F. The number of aryl methyl sites for hydroxylation is 1. The fourth-order valence-electron chi connectivity index (χ4n) is 2.68. The summed E-state index contributed by atoms with van der Waals surface area (Å²) >= 11 is 1.40. The first-order valence-corrected chi connectivity index (χ1v) is 6.94. The number of carbonyl (C=O) groups excluding carboxylic acids is 1. The van der Waals surface area contributed by atoms with Gasteiger partial charge in [0.2, 0.25) is 0 Å². The molecular formula is C13H15F3OS. The molecule has 2 rings (SSSR count). The van der Waals surface area contributed by atoms with Gasteiger partial charge in [0.15, 0.2) is 5.78 Å². The molecule has 0 aliphatic heterocycles. The van der Waals surface area contributed by atoms with Crippen molar-refractivity contribution in [3.05, 3.63) is 21.9 Å². The maximum absolute atomic E-state index is 12.9. The van der Waals surface area contributed by atoms with E-state index in [1.807, 2.05) is 0 Å². The number of alkyl halides is 3. The summed E-state index contributed by atoms with van der Waals surface area (Å²) < 4.78 is 38.8. The van der Waals surface area contributed by atoms with Gasteiger partial charge < -0.3 is 0 Å². The number of thiophene rings is 1. The molecule has 1 aromatic heterocycles. The number of halogens is 3. The monoisotopic (exact) mass is 276 g/mol. The molecular weight excluding hydrogens is 261 g/mol. The number of hydrogen-bond acceptors (Lipinski definition) is 2. The van der Waals surface area contributed by atoms with Gasteiger partial charge in [-0.15, -0.1) is 11.3 Å². The molecule has 1 aromatic rings. The van der Waals surface area contributed by atoms with E-state index in [4.69, 9.17) is 0 Å². The second-order valence-corrected chi connectivity index (χ2v) is 5.91. The summed E-state index contributed by atoms with van der Waals surface area (Å²) in [7, 11) is 0. The van der Waals surface area contributed by atoms with Crippen molar-refractivity contribution < 1.29 is 18.0 Å². The van der Waals surface area contributed by atoms with E-state index in [1.165, 1.54) is 11.3 Å². The van der Waals surface area contributed by atoms with Crippen LogP contribution in [0.3, 0.4) is 0 Å². The molecule has 0 bridgehead atoms. The van der Waals surface area contributed by atoms with Crippen LogP contribution >= 0.6 is 11.3 Å². The van der Waals surface area contributed by atoms with Crippen molar-refractivity contribution in [2.45, 2.75) is 38.8 Å². The highest BCUT2D eigenvalue weighted by Crippen LogP contribution is 2.43. The van der Waals surface area contributed by atoms with E-state index >= 15 is 0 Å². The summed E-state index contributed by atoms with van der Waals surface area (Å²) in [4.78, 5) is 13.1. The molecule has 0 amide bonds. The lowest BCUT2D eigenvalue weighted by Gasteiger charge is -2.31. The van der Waals surface area contributed by atoms with E-state index in [1.54, 1.807) is 18.4 Å². The van der Waals surface area contributed by atoms with E-state index in [-0.39, 0.29) is 12.2 Å². The van der Waals surface area contributed by atoms with Gasteiger partial charge >= 0.3 is 6.18 Å². The number of carbonyl (C=O) groups is 1. The van der Waals surface area contributed by atoms with Crippen LogP contribution in [-0.4, -0.2) is 12.0 Å². The minimum Gasteiger partial charge on any atom is -0.294 e. The Morgan fingerprint density at radius 1 is 1.33 bits per heavy atom. The second-order valence-electron chi connectivity index (χ2n) is 4.79. The third-order valence-corrected chi connectivity index (χ3v) is 4.49. The van der Waals surface area contributed by atoms with Crippen molar-refractivity contribution in [1.82, 2.24) is 0 Å². The van der Waals surface area contributed by atoms with Crippen molar-refractivity contribution in [1.29, 1.82) is 0 Å². The largest absolute Gasteiger partial charge is 0.392 e. The van der Waals surface area contributed by atoms with E-state index < -0.39 is 18.0 Å². The quantitative estimate of drug-likeness (QED) is 0.721. The smallest absolute Gasteiger partial charge is 0.294 e. The normalized spacial score (nSPS) is 25.1. The fourth-order valence-corrected chi connectivity index (χ4v) is 3.38. The number of Topliss-reactive ketones (excluding diaryl/α,β-unsaturated/α-hetero) is 1. The molecule has 100 valence electrons. The van der Waals surface area contributed by atoms with E-state index in [0.717, 1.165) is 4.88 Å². The maximum atomic E-state index is 12.9. The summed E-state index contributed by atoms with van der Waals surface area (Å²) in [5.41, 5.74) is 0.473. The van der Waals surface area contributed by atoms with Gasteiger partial charge in [-0.2, -0.15) is 13.2 Å². The number of ketones is 1. The molecule has 5 heteroatoms. The first-order chi connectivity index (χ1) is 8.41. The average Bonchev–Trinajstić information content (AvgIpc) is 2.73. The van der Waals surface area contributed by atoms with Crippen LogP contribution in [0.4, 0.5) is 13.2 Å². The van der Waals surface area contributed by atoms with Gasteiger partial charge in [-0.05, 0) is 31.2 Å². The number of hydrogen-bond donors (Lipinski definition) is 0. The molecule has 18 heavy (non-hydrogen) atoms. The Balaban J connectivity index is 2.25. The predicted octanol–water partition coefficient (Wildman–Crippen LogP) is 4.61. The Hall–Kier alpha value is -0.840. The summed E-state index contributed by atoms with van der Waals surface area (Å²) in [5.74, 6) is -2.67. The highest BCUT2D eigenvalue weighted by atomic mass is 32.1. The first-order valence-electron chi connectivity index (χ1n) is 6.06. The molecule has 2 unspecified atom stereocenters. The van der Waals surface area contributed by atoms with E-state index in [2.05, 4.69) is 0 Å². The van der Waals surface area contributed by atoms with Crippen LogP contribution in [0.15, 0.2) is 11.4 Å². The lowest BCUT2D eigenvalue weighted by Crippen LogP contribution is -2.37. The summed E-state index contributed by atoms with van der Waals surface area (Å²) in [5, 5.41) is 1.76. The highest BCUT2D eigenvalue weighted by molar-refractivity contribution is 7.10. The van der Waals surface area contributed by atoms with Crippen LogP contribution < -0.4 is 0 Å². The predicted molar refractivity (Wildman–Crippen MR) is 64.9 cm³/mol. The maximum Gasteiger partial charge on any atom is 0.392 e. The Kier molecular flexibility index (Phi) is 3.80. The van der Waals surface area contributed by atoms with Crippen LogP contribution in [0.5, 0.6) is 0 Å². The zero-order valence-electron chi connectivity index (χ0n) is 10.1. The molecule has 0 N–H and O–H groups in total. The minimum absolute atomic E-state index is 0.0864. The molecule has 1 saturated carbocycles. The highest BCUT2D eigenvalue weighted by Gasteiger charge is 2.48. The molecule has 2 atom stereocenters. The van der Waals surface area contributed by atoms with Crippen LogP contribution in [0.25, 0.3) is 0 Å². The zero-order valence-corrected chi connectivity index (χ0v) is 10.9. The van der Waals surface area contributed by atoms with Crippen LogP contribution in [0, 0.1) is 18.8 Å². The van der Waals surface area contributed by atoms with Gasteiger partial charge in [0, 0.05) is 16.4 Å². The Morgan fingerprint density at radius 2 is 2.00 bits per heavy atom. The molecule has 0 saturated heterocycles. The van der Waals surface area contributed by atoms with Gasteiger partial charge in [-0.3, -0.25) is 4.79 Å². The second kappa shape index (κ2) is 5.03. The Morgan fingerprint density at radius 3 is 2.56 bits per heavy atom. The summed E-state index contributed by atoms with van der Waals surface area (Å²) in [6, 6.07) is 1.64. The van der Waals surface area contributed by atoms with Crippen molar-refractivity contribution in [3.63, 3.8) is 0 Å². The van der Waals surface area contributed by atoms with Crippen molar-refractivity contribution in [2.24, 2.45) is 11.8 Å². The van der Waals surface area contributed by atoms with Gasteiger partial charge in [0.25, 0.3) is 0 Å². The Bertz CT molecular complexity index is 436. The Labute approximate surface area is 108 Å². The molecule has 1 aliphatic carbocycles. The summed E-state index contributed by atoms with van der Waals surface area (Å²) in [6.07, 6.45) is -2.53. The van der Waals surface area contributed by atoms with Crippen LogP contribution in [-0.2, 0) is 0 Å². The van der Waals surface area contributed by atoms with Crippen molar-refractivity contribution in [2.75, 3.05) is 0 Å². The molecule has 1 nitrogen and oxygen atoms in total. The standard InChI is InChI=1S/C13H15F3OS/c1-8-9(6-7-18-8)12(17)10-4-2-3-5-11(10)13(14,15)16/h6-7,10-11H,2-5H2,1H3. The van der Waals surface area contributed by atoms with E-state index in [0.29, 0.717) is 24.8 Å². The number of rotatable bonds is 2. The van der Waals surface area contributed by atoms with Gasteiger partial charge in [0.1, 0.15) is 0 Å². The summed E-state index contributed by atoms with van der Waals surface area (Å²) in [6.45, 7) is 1.78. The van der Waals surface area contributed by atoms with E-state index in [9.17, 15) is 18.0 Å². The van der Waals surface area contributed by atoms with Crippen LogP contribution in [0.1, 0.15) is 40.9 Å². The topological polar surface area (TPSA) is 17.1 Å².